The standard InChI is InChI=1S/C16H11F3N2OS2/c1-23-15-21-12-6-5-11(8-13(12)24-15)20-14(22)9-3-2-4-10(7-9)16(17,18)19/h2-8H,1H3,(H,20,22). The van der Waals surface area contributed by atoms with Gasteiger partial charge in [0, 0.05) is 11.3 Å². The zero-order valence-corrected chi connectivity index (χ0v) is 14.0. The van der Waals surface area contributed by atoms with E-state index in [9.17, 15) is 18.0 Å². The number of rotatable bonds is 3. The van der Waals surface area contributed by atoms with Gasteiger partial charge >= 0.3 is 6.18 Å². The fourth-order valence-electron chi connectivity index (χ4n) is 2.11. The number of thioether (sulfide) groups is 1. The maximum Gasteiger partial charge on any atom is 0.416 e. The number of fused-ring (bicyclic) bond motifs is 1. The van der Waals surface area contributed by atoms with Crippen LogP contribution in [0, 0.1) is 0 Å². The Morgan fingerprint density at radius 2 is 2.00 bits per heavy atom. The molecule has 3 aromatic rings. The van der Waals surface area contributed by atoms with Crippen LogP contribution in [0.3, 0.4) is 0 Å². The maximum atomic E-state index is 12.7. The van der Waals surface area contributed by atoms with Crippen LogP contribution < -0.4 is 5.32 Å². The molecule has 0 bridgehead atoms. The summed E-state index contributed by atoms with van der Waals surface area (Å²) in [6.45, 7) is 0. The third-order valence-corrected chi connectivity index (χ3v) is 5.26. The van der Waals surface area contributed by atoms with E-state index >= 15 is 0 Å². The van der Waals surface area contributed by atoms with Gasteiger partial charge in [-0.05, 0) is 42.7 Å². The van der Waals surface area contributed by atoms with E-state index in [1.165, 1.54) is 35.2 Å². The summed E-state index contributed by atoms with van der Waals surface area (Å²) in [5, 5.41) is 2.62. The first-order valence-corrected chi connectivity index (χ1v) is 8.84. The van der Waals surface area contributed by atoms with Gasteiger partial charge in [-0.1, -0.05) is 17.8 Å². The van der Waals surface area contributed by atoms with Crippen LogP contribution in [0.5, 0.6) is 0 Å². The van der Waals surface area contributed by atoms with Gasteiger partial charge in [0.05, 0.1) is 15.8 Å². The minimum atomic E-state index is -4.48. The Morgan fingerprint density at radius 1 is 1.21 bits per heavy atom. The highest BCUT2D eigenvalue weighted by atomic mass is 32.2. The number of halogens is 3. The summed E-state index contributed by atoms with van der Waals surface area (Å²) in [4.78, 5) is 16.6. The van der Waals surface area contributed by atoms with Crippen molar-refractivity contribution in [2.75, 3.05) is 11.6 Å². The van der Waals surface area contributed by atoms with E-state index in [0.29, 0.717) is 5.69 Å². The summed E-state index contributed by atoms with van der Waals surface area (Å²) in [7, 11) is 0. The van der Waals surface area contributed by atoms with Crippen LogP contribution >= 0.6 is 23.1 Å². The molecule has 0 spiro atoms. The molecule has 0 saturated carbocycles. The molecule has 0 unspecified atom stereocenters. The molecule has 1 aromatic heterocycles. The smallest absolute Gasteiger partial charge is 0.322 e. The zero-order chi connectivity index (χ0) is 17.3. The molecule has 0 aliphatic carbocycles. The van der Waals surface area contributed by atoms with Crippen LogP contribution in [0.25, 0.3) is 10.2 Å². The molecule has 0 aliphatic rings. The fourth-order valence-corrected chi connectivity index (χ4v) is 3.64. The Labute approximate surface area is 143 Å². The molecular formula is C16H11F3N2OS2. The lowest BCUT2D eigenvalue weighted by Gasteiger charge is -2.09. The number of nitrogens with zero attached hydrogens (tertiary/aromatic N) is 1. The van der Waals surface area contributed by atoms with Crippen LogP contribution in [0.1, 0.15) is 15.9 Å². The van der Waals surface area contributed by atoms with Crippen molar-refractivity contribution in [1.82, 2.24) is 4.98 Å². The molecule has 1 heterocycles. The number of alkyl halides is 3. The highest BCUT2D eigenvalue weighted by Crippen LogP contribution is 2.31. The van der Waals surface area contributed by atoms with Gasteiger partial charge in [-0.15, -0.1) is 11.3 Å². The number of amides is 1. The highest BCUT2D eigenvalue weighted by molar-refractivity contribution is 8.00. The van der Waals surface area contributed by atoms with Crippen molar-refractivity contribution in [2.45, 2.75) is 10.5 Å². The van der Waals surface area contributed by atoms with Gasteiger partial charge in [0.25, 0.3) is 5.91 Å². The van der Waals surface area contributed by atoms with Gasteiger partial charge in [0.2, 0.25) is 0 Å². The van der Waals surface area contributed by atoms with E-state index in [-0.39, 0.29) is 5.56 Å². The van der Waals surface area contributed by atoms with Gasteiger partial charge in [-0.25, -0.2) is 4.98 Å². The highest BCUT2D eigenvalue weighted by Gasteiger charge is 2.30. The molecule has 0 atom stereocenters. The van der Waals surface area contributed by atoms with Crippen molar-refractivity contribution in [3.05, 3.63) is 53.6 Å². The predicted molar refractivity (Wildman–Crippen MR) is 90.8 cm³/mol. The largest absolute Gasteiger partial charge is 0.416 e. The number of nitrogens with one attached hydrogen (secondary N) is 1. The molecule has 0 aliphatic heterocycles. The topological polar surface area (TPSA) is 42.0 Å². The molecule has 24 heavy (non-hydrogen) atoms. The first-order chi connectivity index (χ1) is 11.4. The summed E-state index contributed by atoms with van der Waals surface area (Å²) in [6, 6.07) is 9.55. The number of hydrogen-bond donors (Lipinski definition) is 1. The van der Waals surface area contributed by atoms with Crippen molar-refractivity contribution >= 4 is 44.9 Å². The number of aromatic nitrogens is 1. The lowest BCUT2D eigenvalue weighted by atomic mass is 10.1. The second-order valence-corrected chi connectivity index (χ2v) is 6.98. The monoisotopic (exact) mass is 368 g/mol. The Kier molecular flexibility index (Phi) is 4.51. The number of benzene rings is 2. The van der Waals surface area contributed by atoms with E-state index in [0.717, 1.165) is 26.7 Å². The van der Waals surface area contributed by atoms with Gasteiger partial charge in [0.15, 0.2) is 4.34 Å². The van der Waals surface area contributed by atoms with Crippen LogP contribution in [0.4, 0.5) is 18.9 Å². The number of carbonyl (C=O) groups is 1. The van der Waals surface area contributed by atoms with Crippen LogP contribution in [-0.2, 0) is 6.18 Å². The van der Waals surface area contributed by atoms with E-state index in [1.54, 1.807) is 18.2 Å². The van der Waals surface area contributed by atoms with Gasteiger partial charge in [-0.3, -0.25) is 4.79 Å². The van der Waals surface area contributed by atoms with Crippen molar-refractivity contribution in [1.29, 1.82) is 0 Å². The molecule has 1 amide bonds. The Balaban J connectivity index is 1.84. The van der Waals surface area contributed by atoms with Gasteiger partial charge in [0.1, 0.15) is 0 Å². The molecule has 1 N–H and O–H groups in total. The first-order valence-electron chi connectivity index (χ1n) is 6.80. The van der Waals surface area contributed by atoms with Crippen molar-refractivity contribution in [3.8, 4) is 0 Å². The van der Waals surface area contributed by atoms with E-state index in [2.05, 4.69) is 10.3 Å². The molecule has 0 radical (unpaired) electrons. The second-order valence-electron chi connectivity index (χ2n) is 4.90. The van der Waals surface area contributed by atoms with Crippen LogP contribution in [0.15, 0.2) is 46.8 Å². The minimum absolute atomic E-state index is 0.0426. The van der Waals surface area contributed by atoms with E-state index in [1.807, 2.05) is 6.26 Å². The quantitative estimate of drug-likeness (QED) is 0.639. The number of carbonyl (C=O) groups excluding carboxylic acids is 1. The summed E-state index contributed by atoms with van der Waals surface area (Å²) in [5.74, 6) is -0.588. The molecule has 3 nitrogen and oxygen atoms in total. The van der Waals surface area contributed by atoms with Gasteiger partial charge in [-0.2, -0.15) is 13.2 Å². The van der Waals surface area contributed by atoms with Gasteiger partial charge < -0.3 is 5.32 Å². The van der Waals surface area contributed by atoms with Crippen molar-refractivity contribution < 1.29 is 18.0 Å². The third kappa shape index (κ3) is 3.54. The third-order valence-electron chi connectivity index (χ3n) is 3.25. The SMILES string of the molecule is CSc1nc2ccc(NC(=O)c3cccc(C(F)(F)F)c3)cc2s1. The summed E-state index contributed by atoms with van der Waals surface area (Å²) in [5.41, 5.74) is 0.444. The normalized spacial score (nSPS) is 11.7. The average molecular weight is 368 g/mol. The zero-order valence-electron chi connectivity index (χ0n) is 12.3. The van der Waals surface area contributed by atoms with Crippen molar-refractivity contribution in [2.24, 2.45) is 0 Å². The lowest BCUT2D eigenvalue weighted by Crippen LogP contribution is -2.13. The molecule has 0 fully saturated rings. The predicted octanol–water partition coefficient (Wildman–Crippen LogP) is 5.29. The molecule has 2 aromatic carbocycles. The first kappa shape index (κ1) is 16.8. The Bertz CT molecular complexity index is 906. The lowest BCUT2D eigenvalue weighted by molar-refractivity contribution is -0.137. The molecule has 8 heteroatoms. The van der Waals surface area contributed by atoms with Crippen molar-refractivity contribution in [3.63, 3.8) is 0 Å². The molecular weight excluding hydrogens is 357 g/mol. The van der Waals surface area contributed by atoms with E-state index in [4.69, 9.17) is 0 Å². The summed E-state index contributed by atoms with van der Waals surface area (Å²) in [6.07, 6.45) is -2.56. The maximum absolute atomic E-state index is 12.7. The van der Waals surface area contributed by atoms with Crippen LogP contribution in [-0.4, -0.2) is 17.1 Å². The Hall–Kier alpha value is -2.06. The fraction of sp³-hybridized carbons (Fsp3) is 0.125. The second kappa shape index (κ2) is 6.45. The molecule has 124 valence electrons. The molecule has 3 rings (SSSR count). The Morgan fingerprint density at radius 3 is 2.71 bits per heavy atom. The van der Waals surface area contributed by atoms with Crippen LogP contribution in [0.2, 0.25) is 0 Å². The number of thiazole rings is 1. The summed E-state index contributed by atoms with van der Waals surface area (Å²) < 4.78 is 40.0. The minimum Gasteiger partial charge on any atom is -0.322 e. The molecule has 0 saturated heterocycles. The number of anilines is 1. The average Bonchev–Trinajstić information content (AvgIpc) is 2.96. The van der Waals surface area contributed by atoms with E-state index < -0.39 is 17.6 Å². The number of hydrogen-bond acceptors (Lipinski definition) is 4. The summed E-state index contributed by atoms with van der Waals surface area (Å²) >= 11 is 3.02.